The van der Waals surface area contributed by atoms with E-state index in [0.29, 0.717) is 0 Å². The van der Waals surface area contributed by atoms with Crippen molar-refractivity contribution in [1.29, 1.82) is 0 Å². The number of ether oxygens (including phenoxy) is 1. The SMILES string of the molecule is COC(=O)C(CO)NS(=O)(=O)c1ccc(Br)c(C(=O)O)c1. The summed E-state index contributed by atoms with van der Waals surface area (Å²) < 4.78 is 30.6. The van der Waals surface area contributed by atoms with Gasteiger partial charge in [0.2, 0.25) is 10.0 Å². The predicted octanol–water partition coefficient (Wildman–Crippen LogP) is -0.0405. The number of aliphatic hydroxyl groups is 1. The van der Waals surface area contributed by atoms with Crippen LogP contribution < -0.4 is 4.72 Å². The number of methoxy groups -OCH3 is 1. The lowest BCUT2D eigenvalue weighted by molar-refractivity contribution is -0.143. The van der Waals surface area contributed by atoms with Gasteiger partial charge in [-0.05, 0) is 34.1 Å². The van der Waals surface area contributed by atoms with E-state index in [1.165, 1.54) is 6.07 Å². The zero-order valence-corrected chi connectivity index (χ0v) is 13.1. The van der Waals surface area contributed by atoms with Crippen LogP contribution in [0.2, 0.25) is 0 Å². The van der Waals surface area contributed by atoms with E-state index in [-0.39, 0.29) is 14.9 Å². The van der Waals surface area contributed by atoms with Gasteiger partial charge >= 0.3 is 11.9 Å². The Bertz CT molecular complexity index is 659. The first-order valence-corrected chi connectivity index (χ1v) is 7.74. The Kier molecular flexibility index (Phi) is 5.84. The van der Waals surface area contributed by atoms with E-state index in [9.17, 15) is 18.0 Å². The number of halogens is 1. The number of carbonyl (C=O) groups is 2. The molecule has 0 aromatic heterocycles. The molecule has 1 atom stereocenters. The standard InChI is InChI=1S/C11H12BrNO7S/c1-20-11(17)9(5-14)13-21(18,19)6-2-3-8(12)7(4-6)10(15)16/h2-4,9,13-14H,5H2,1H3,(H,15,16). The Morgan fingerprint density at radius 3 is 2.52 bits per heavy atom. The molecule has 1 aromatic carbocycles. The Labute approximate surface area is 128 Å². The van der Waals surface area contributed by atoms with E-state index in [0.717, 1.165) is 19.2 Å². The molecule has 0 amide bonds. The summed E-state index contributed by atoms with van der Waals surface area (Å²) in [5.74, 6) is -2.28. The summed E-state index contributed by atoms with van der Waals surface area (Å²) >= 11 is 2.99. The Morgan fingerprint density at radius 1 is 1.43 bits per heavy atom. The van der Waals surface area contributed by atoms with Gasteiger partial charge in [-0.2, -0.15) is 4.72 Å². The number of esters is 1. The van der Waals surface area contributed by atoms with Crippen molar-refractivity contribution in [2.24, 2.45) is 0 Å². The first-order valence-electron chi connectivity index (χ1n) is 5.46. The minimum Gasteiger partial charge on any atom is -0.478 e. The van der Waals surface area contributed by atoms with Crippen LogP contribution in [0.25, 0.3) is 0 Å². The molecule has 1 rings (SSSR count). The van der Waals surface area contributed by atoms with Gasteiger partial charge in [0.25, 0.3) is 0 Å². The fraction of sp³-hybridized carbons (Fsp3) is 0.273. The Morgan fingerprint density at radius 2 is 2.05 bits per heavy atom. The molecule has 10 heteroatoms. The van der Waals surface area contributed by atoms with Crippen LogP contribution in [0.5, 0.6) is 0 Å². The van der Waals surface area contributed by atoms with Gasteiger partial charge in [-0.15, -0.1) is 0 Å². The van der Waals surface area contributed by atoms with Crippen molar-refractivity contribution in [2.75, 3.05) is 13.7 Å². The fourth-order valence-electron chi connectivity index (χ4n) is 1.39. The van der Waals surface area contributed by atoms with Crippen LogP contribution in [-0.4, -0.2) is 50.3 Å². The zero-order chi connectivity index (χ0) is 16.2. The molecule has 0 radical (unpaired) electrons. The number of hydrogen-bond donors (Lipinski definition) is 3. The average molecular weight is 382 g/mol. The summed E-state index contributed by atoms with van der Waals surface area (Å²) in [4.78, 5) is 21.9. The molecular formula is C11H12BrNO7S. The van der Waals surface area contributed by atoms with Crippen molar-refractivity contribution in [1.82, 2.24) is 4.72 Å². The molecule has 0 spiro atoms. The minimum absolute atomic E-state index is 0.209. The second-order valence-corrected chi connectivity index (χ2v) is 6.39. The van der Waals surface area contributed by atoms with Crippen molar-refractivity contribution in [3.8, 4) is 0 Å². The number of hydrogen-bond acceptors (Lipinski definition) is 6. The van der Waals surface area contributed by atoms with Gasteiger partial charge in [0.05, 0.1) is 24.2 Å². The largest absolute Gasteiger partial charge is 0.478 e. The number of aromatic carboxylic acids is 1. The topological polar surface area (TPSA) is 130 Å². The summed E-state index contributed by atoms with van der Waals surface area (Å²) in [7, 11) is -3.15. The molecule has 0 bridgehead atoms. The van der Waals surface area contributed by atoms with Crippen LogP contribution in [0, 0.1) is 0 Å². The third-order valence-corrected chi connectivity index (χ3v) is 4.61. The highest BCUT2D eigenvalue weighted by Crippen LogP contribution is 2.21. The quantitative estimate of drug-likeness (QED) is 0.589. The van der Waals surface area contributed by atoms with Crippen molar-refractivity contribution >= 4 is 37.9 Å². The van der Waals surface area contributed by atoms with E-state index < -0.39 is 34.6 Å². The monoisotopic (exact) mass is 381 g/mol. The lowest BCUT2D eigenvalue weighted by Gasteiger charge is -2.14. The molecule has 0 saturated heterocycles. The Hall–Kier alpha value is -1.49. The number of sulfonamides is 1. The number of nitrogens with one attached hydrogen (secondary N) is 1. The summed E-state index contributed by atoms with van der Waals surface area (Å²) in [5, 5.41) is 17.9. The van der Waals surface area contributed by atoms with Crippen LogP contribution in [-0.2, 0) is 19.6 Å². The minimum atomic E-state index is -4.19. The van der Waals surface area contributed by atoms with E-state index in [1.807, 2.05) is 4.72 Å². The maximum atomic E-state index is 12.1. The molecule has 116 valence electrons. The van der Waals surface area contributed by atoms with Crippen LogP contribution in [0.3, 0.4) is 0 Å². The van der Waals surface area contributed by atoms with Gasteiger partial charge in [0.15, 0.2) is 0 Å². The lowest BCUT2D eigenvalue weighted by atomic mass is 10.2. The molecule has 1 unspecified atom stereocenters. The number of carboxylic acids is 1. The molecule has 3 N–H and O–H groups in total. The predicted molar refractivity (Wildman–Crippen MR) is 74.3 cm³/mol. The second kappa shape index (κ2) is 6.98. The van der Waals surface area contributed by atoms with Gasteiger partial charge < -0.3 is 14.9 Å². The molecule has 0 fully saturated rings. The number of carboxylic acid groups (broad SMARTS) is 1. The summed E-state index contributed by atoms with van der Waals surface area (Å²) in [5.41, 5.74) is -0.253. The highest BCUT2D eigenvalue weighted by Gasteiger charge is 2.26. The summed E-state index contributed by atoms with van der Waals surface area (Å²) in [6, 6.07) is 1.87. The first-order chi connectivity index (χ1) is 9.72. The summed E-state index contributed by atoms with van der Waals surface area (Å²) in [6.45, 7) is -0.797. The van der Waals surface area contributed by atoms with Crippen molar-refractivity contribution in [3.05, 3.63) is 28.2 Å². The highest BCUT2D eigenvalue weighted by atomic mass is 79.9. The zero-order valence-electron chi connectivity index (χ0n) is 10.7. The molecule has 0 aliphatic rings. The summed E-state index contributed by atoms with van der Waals surface area (Å²) in [6.07, 6.45) is 0. The number of rotatable bonds is 6. The van der Waals surface area contributed by atoms with E-state index in [4.69, 9.17) is 10.2 Å². The molecule has 0 aliphatic heterocycles. The average Bonchev–Trinajstić information content (AvgIpc) is 2.43. The molecule has 0 aliphatic carbocycles. The van der Waals surface area contributed by atoms with Gasteiger partial charge in [0.1, 0.15) is 6.04 Å². The van der Waals surface area contributed by atoms with Crippen molar-refractivity contribution in [2.45, 2.75) is 10.9 Å². The highest BCUT2D eigenvalue weighted by molar-refractivity contribution is 9.10. The maximum Gasteiger partial charge on any atom is 0.336 e. The normalized spacial score (nSPS) is 12.7. The lowest BCUT2D eigenvalue weighted by Crippen LogP contribution is -2.43. The van der Waals surface area contributed by atoms with Gasteiger partial charge in [-0.3, -0.25) is 4.79 Å². The Balaban J connectivity index is 3.16. The van der Waals surface area contributed by atoms with Crippen LogP contribution in [0.4, 0.5) is 0 Å². The van der Waals surface area contributed by atoms with E-state index >= 15 is 0 Å². The van der Waals surface area contributed by atoms with E-state index in [2.05, 4.69) is 20.7 Å². The van der Waals surface area contributed by atoms with Gasteiger partial charge in [-0.25, -0.2) is 13.2 Å². The van der Waals surface area contributed by atoms with E-state index in [1.54, 1.807) is 0 Å². The second-order valence-electron chi connectivity index (χ2n) is 3.83. The van der Waals surface area contributed by atoms with Gasteiger partial charge in [0, 0.05) is 4.47 Å². The van der Waals surface area contributed by atoms with Crippen molar-refractivity contribution in [3.63, 3.8) is 0 Å². The van der Waals surface area contributed by atoms with Crippen molar-refractivity contribution < 1.29 is 33.0 Å². The van der Waals surface area contributed by atoms with Crippen LogP contribution in [0.15, 0.2) is 27.6 Å². The number of benzene rings is 1. The van der Waals surface area contributed by atoms with Crippen LogP contribution in [0.1, 0.15) is 10.4 Å². The van der Waals surface area contributed by atoms with Gasteiger partial charge in [-0.1, -0.05) is 0 Å². The first kappa shape index (κ1) is 17.6. The molecule has 0 saturated carbocycles. The molecule has 0 heterocycles. The van der Waals surface area contributed by atoms with Crippen LogP contribution >= 0.6 is 15.9 Å². The molecule has 1 aromatic rings. The molecular weight excluding hydrogens is 370 g/mol. The molecule has 8 nitrogen and oxygen atoms in total. The number of aliphatic hydroxyl groups excluding tert-OH is 1. The molecule has 21 heavy (non-hydrogen) atoms. The smallest absolute Gasteiger partial charge is 0.336 e. The maximum absolute atomic E-state index is 12.1. The third-order valence-electron chi connectivity index (χ3n) is 2.44. The fourth-order valence-corrected chi connectivity index (χ4v) is 3.01. The number of carbonyl (C=O) groups excluding carboxylic acids is 1. The third kappa shape index (κ3) is 4.24.